The van der Waals surface area contributed by atoms with Gasteiger partial charge in [0.2, 0.25) is 0 Å². The molecule has 0 radical (unpaired) electrons. The first-order chi connectivity index (χ1) is 23.9. The summed E-state index contributed by atoms with van der Waals surface area (Å²) in [5, 5.41) is 19.7. The van der Waals surface area contributed by atoms with Crippen LogP contribution >= 0.6 is 0 Å². The number of aromatic nitrogens is 3. The zero-order valence-electron chi connectivity index (χ0n) is 31.0. The average molecular weight is 699 g/mol. The van der Waals surface area contributed by atoms with Gasteiger partial charge in [-0.3, -0.25) is 9.59 Å². The fourth-order valence-corrected chi connectivity index (χ4v) is 7.69. The molecule has 6 rings (SSSR count). The Hall–Kier alpha value is -4.15. The molecule has 0 spiro atoms. The van der Waals surface area contributed by atoms with Crippen LogP contribution in [0.4, 0.5) is 0 Å². The summed E-state index contributed by atoms with van der Waals surface area (Å²) in [5.41, 5.74) is 9.60. The zero-order valence-corrected chi connectivity index (χ0v) is 32.4. The van der Waals surface area contributed by atoms with Crippen LogP contribution in [0.3, 0.4) is 0 Å². The number of esters is 2. The smallest absolute Gasteiger partial charge is 0.681 e. The zero-order chi connectivity index (χ0) is 36.0. The summed E-state index contributed by atoms with van der Waals surface area (Å²) in [6.45, 7) is 18.6. The molecule has 3 aliphatic rings. The molecule has 10 heteroatoms. The third kappa shape index (κ3) is 6.68. The van der Waals surface area contributed by atoms with Crippen LogP contribution < -0.4 is 36.2 Å². The quantitative estimate of drug-likeness (QED) is 0.204. The molecule has 9 nitrogen and oxygen atoms in total. The molecule has 3 aromatic heterocycles. The predicted octanol–water partition coefficient (Wildman–Crippen LogP) is 3.63. The first kappa shape index (κ1) is 38.1. The van der Waals surface area contributed by atoms with Gasteiger partial charge in [-0.05, 0) is 70.4 Å². The summed E-state index contributed by atoms with van der Waals surface area (Å²) in [7, 11) is 1.32. The van der Waals surface area contributed by atoms with E-state index in [1.165, 1.54) is 7.11 Å². The molecule has 8 bridgehead atoms. The Balaban J connectivity index is 0.00000504. The van der Waals surface area contributed by atoms with Crippen molar-refractivity contribution < 1.29 is 24.2 Å². The molecule has 1 aliphatic carbocycles. The molecule has 2 aliphatic heterocycles. The number of ether oxygens (including phenoxy) is 2. The van der Waals surface area contributed by atoms with E-state index in [4.69, 9.17) is 29.7 Å². The van der Waals surface area contributed by atoms with Crippen molar-refractivity contribution >= 4 is 70.6 Å². The van der Waals surface area contributed by atoms with Crippen molar-refractivity contribution in [2.24, 2.45) is 17.8 Å². The number of aliphatic hydroxyl groups excluding tert-OH is 1. The fraction of sp³-hybridized carbons (Fsp3) is 0.415. The minimum Gasteiger partial charge on any atom is -0.681 e. The second kappa shape index (κ2) is 15.2. The molecule has 4 atom stereocenters. The number of hydrogen-bond donors (Lipinski definition) is 1. The predicted molar refractivity (Wildman–Crippen MR) is 201 cm³/mol. The van der Waals surface area contributed by atoms with Gasteiger partial charge in [0.15, 0.2) is 0 Å². The SMILES string of the molecule is C=Cc1c2[n-]c(c1C)/C=C1\[N-]C(C3=c4[n-]c(c(C)c4=C(O)[C@@H]3C(=O)OC)/C=c3\[n-]/c(c(C)c3CC)=C\2)[C@@H](CCC(=O)OC/C=C(/C)CC)[C@@H]1C.[Mg+2]. The van der Waals surface area contributed by atoms with Gasteiger partial charge in [-0.25, -0.2) is 0 Å². The Bertz CT molecular complexity index is 2210. The minimum absolute atomic E-state index is 0. The molecule has 1 N–H and O–H groups in total. The van der Waals surface area contributed by atoms with E-state index in [9.17, 15) is 14.7 Å². The van der Waals surface area contributed by atoms with Gasteiger partial charge in [-0.2, -0.15) is 5.70 Å². The van der Waals surface area contributed by atoms with Crippen LogP contribution in [0.25, 0.3) is 41.0 Å². The number of allylic oxidation sites excluding steroid dienone is 2. The molecule has 1 fully saturated rings. The number of aliphatic hydroxyl groups is 1. The summed E-state index contributed by atoms with van der Waals surface area (Å²) >= 11 is 0. The van der Waals surface area contributed by atoms with E-state index in [1.54, 1.807) is 0 Å². The standard InChI is InChI=1S/C41H46N4O5.Mg/c1-10-20(4)15-16-50-34(46)14-13-27-23(7)30-17-28-21(5)25(11-2)32(42-28)18-29-22(6)26(12-3)33(43-29)19-31-24(8)35-39(45-31)36(38(27)44-30)37(40(35)47)41(48)49-9;/h11,15,17-19,23,27,37-38,47H,2,10,12-14,16H2,1,3-9H3;/q-4;+2/b20-15-,29-18-,30-17-,33-19-;/t23-,27-,37+,38?;/m0./s1. The second-order valence-electron chi connectivity index (χ2n) is 13.6. The average Bonchev–Trinajstić information content (AvgIpc) is 3.84. The number of carbonyl (C=O) groups excluding carboxylic acids is 2. The van der Waals surface area contributed by atoms with Crippen LogP contribution in [0.15, 0.2) is 23.9 Å². The first-order valence-electron chi connectivity index (χ1n) is 17.5. The fourth-order valence-electron chi connectivity index (χ4n) is 7.69. The van der Waals surface area contributed by atoms with E-state index in [0.29, 0.717) is 28.3 Å². The number of nitrogens with zero attached hydrogens (tertiary/aromatic N) is 4. The molecule has 1 unspecified atom stereocenters. The molecule has 0 saturated carbocycles. The van der Waals surface area contributed by atoms with E-state index < -0.39 is 17.9 Å². The van der Waals surface area contributed by atoms with E-state index in [-0.39, 0.29) is 59.6 Å². The summed E-state index contributed by atoms with van der Waals surface area (Å²) in [4.78, 5) is 41.6. The van der Waals surface area contributed by atoms with Gasteiger partial charge in [0.05, 0.1) is 7.11 Å². The van der Waals surface area contributed by atoms with Crippen LogP contribution in [0.2, 0.25) is 0 Å². The van der Waals surface area contributed by atoms with Crippen LogP contribution in [0.5, 0.6) is 0 Å². The Kier molecular flexibility index (Phi) is 11.4. The van der Waals surface area contributed by atoms with E-state index >= 15 is 0 Å². The maximum atomic E-state index is 13.5. The maximum Gasteiger partial charge on any atom is 2.00 e. The normalized spacial score (nSPS) is 22.9. The van der Waals surface area contributed by atoms with Crippen molar-refractivity contribution in [1.29, 1.82) is 0 Å². The van der Waals surface area contributed by atoms with Crippen molar-refractivity contribution in [3.8, 4) is 0 Å². The molecule has 3 aromatic rings. The summed E-state index contributed by atoms with van der Waals surface area (Å²) in [6.07, 6.45) is 12.0. The van der Waals surface area contributed by atoms with E-state index in [1.807, 2.05) is 51.2 Å². The molecular formula is C41H46MgN4O5-2. The van der Waals surface area contributed by atoms with Gasteiger partial charge in [0, 0.05) is 11.6 Å². The van der Waals surface area contributed by atoms with Crippen LogP contribution in [0, 0.1) is 38.5 Å². The first-order valence-corrected chi connectivity index (χ1v) is 17.5. The molecule has 0 amide bonds. The summed E-state index contributed by atoms with van der Waals surface area (Å²) in [6, 6.07) is -0.564. The van der Waals surface area contributed by atoms with Crippen molar-refractivity contribution in [3.05, 3.63) is 95.4 Å². The summed E-state index contributed by atoms with van der Waals surface area (Å²) < 4.78 is 10.8. The third-order valence-electron chi connectivity index (χ3n) is 10.9. The van der Waals surface area contributed by atoms with Crippen LogP contribution in [-0.4, -0.2) is 59.9 Å². The maximum absolute atomic E-state index is 13.5. The molecule has 5 heterocycles. The van der Waals surface area contributed by atoms with Crippen molar-refractivity contribution in [1.82, 2.24) is 15.0 Å². The summed E-state index contributed by atoms with van der Waals surface area (Å²) in [5.74, 6) is -2.35. The number of carbonyl (C=O) groups is 2. The number of methoxy groups -OCH3 is 1. The van der Waals surface area contributed by atoms with Crippen molar-refractivity contribution in [2.45, 2.75) is 80.2 Å². The van der Waals surface area contributed by atoms with Crippen LogP contribution in [-0.2, 0) is 25.5 Å². The van der Waals surface area contributed by atoms with Gasteiger partial charge >= 0.3 is 35.0 Å². The van der Waals surface area contributed by atoms with Gasteiger partial charge in [-0.15, -0.1) is 33.1 Å². The Morgan fingerprint density at radius 2 is 1.69 bits per heavy atom. The van der Waals surface area contributed by atoms with Gasteiger partial charge < -0.3 is 34.8 Å². The van der Waals surface area contributed by atoms with E-state index in [2.05, 4.69) is 34.3 Å². The molecule has 264 valence electrons. The van der Waals surface area contributed by atoms with Crippen LogP contribution in [0.1, 0.15) is 91.9 Å². The van der Waals surface area contributed by atoms with Gasteiger partial charge in [-0.1, -0.05) is 91.1 Å². The van der Waals surface area contributed by atoms with Crippen molar-refractivity contribution in [2.75, 3.05) is 13.7 Å². The van der Waals surface area contributed by atoms with E-state index in [0.717, 1.165) is 74.0 Å². The largest absolute Gasteiger partial charge is 2.00 e. The molecular weight excluding hydrogens is 653 g/mol. The topological polar surface area (TPSA) is 129 Å². The molecule has 0 aromatic carbocycles. The minimum atomic E-state index is -1.06. The second-order valence-corrected chi connectivity index (χ2v) is 13.6. The number of rotatable bonds is 9. The Labute approximate surface area is 315 Å². The van der Waals surface area contributed by atoms with Gasteiger partial charge in [0.25, 0.3) is 0 Å². The molecule has 51 heavy (non-hydrogen) atoms. The van der Waals surface area contributed by atoms with Crippen molar-refractivity contribution in [3.63, 3.8) is 0 Å². The third-order valence-corrected chi connectivity index (χ3v) is 10.9. The molecule has 1 saturated heterocycles. The monoisotopic (exact) mass is 698 g/mol. The Morgan fingerprint density at radius 1 is 0.980 bits per heavy atom. The van der Waals surface area contributed by atoms with Gasteiger partial charge in [0.1, 0.15) is 18.3 Å². The number of fused-ring (bicyclic) bond motifs is 8. The number of hydrogen-bond acceptors (Lipinski definition) is 5. The Morgan fingerprint density at radius 3 is 2.35 bits per heavy atom.